The van der Waals surface area contributed by atoms with Crippen LogP contribution in [0.5, 0.6) is 0 Å². The van der Waals surface area contributed by atoms with Crippen molar-refractivity contribution in [2.24, 2.45) is 16.8 Å². The molecule has 2 atom stereocenters. The molecule has 2 unspecified atom stereocenters. The summed E-state index contributed by atoms with van der Waals surface area (Å²) in [5, 5.41) is 7.25. The van der Waals surface area contributed by atoms with Gasteiger partial charge in [0.25, 0.3) is 0 Å². The Bertz CT molecular complexity index is 447. The number of rotatable bonds is 5. The van der Waals surface area contributed by atoms with E-state index in [4.69, 9.17) is 0 Å². The van der Waals surface area contributed by atoms with E-state index in [1.807, 2.05) is 7.05 Å². The quantitative estimate of drug-likeness (QED) is 0.350. The molecule has 160 valence electrons. The zero-order valence-corrected chi connectivity index (χ0v) is 21.0. The van der Waals surface area contributed by atoms with Gasteiger partial charge >= 0.3 is 0 Å². The van der Waals surface area contributed by atoms with Gasteiger partial charge in [0.15, 0.2) is 5.96 Å². The summed E-state index contributed by atoms with van der Waals surface area (Å²) in [6.45, 7) is 19.8. The molecule has 0 aromatic rings. The number of hydrogen-bond acceptors (Lipinski definition) is 3. The Hall–Kier alpha value is -0.0800. The molecule has 5 nitrogen and oxygen atoms in total. The van der Waals surface area contributed by atoms with Gasteiger partial charge < -0.3 is 15.5 Å². The van der Waals surface area contributed by atoms with Crippen molar-refractivity contribution in [3.63, 3.8) is 0 Å². The lowest BCUT2D eigenvalue weighted by Gasteiger charge is -2.45. The maximum atomic E-state index is 4.48. The molecule has 6 heteroatoms. The number of likely N-dealkylation sites (tertiary alicyclic amines) is 2. The van der Waals surface area contributed by atoms with Crippen molar-refractivity contribution in [1.29, 1.82) is 0 Å². The summed E-state index contributed by atoms with van der Waals surface area (Å²) >= 11 is 0. The maximum Gasteiger partial charge on any atom is 0.191 e. The average molecular weight is 494 g/mol. The molecule has 2 heterocycles. The third kappa shape index (κ3) is 7.69. The van der Waals surface area contributed by atoms with Gasteiger partial charge in [-0.25, -0.2) is 0 Å². The molecular formula is C21H44IN5. The van der Waals surface area contributed by atoms with Crippen LogP contribution < -0.4 is 10.6 Å². The van der Waals surface area contributed by atoms with Crippen LogP contribution in [-0.4, -0.2) is 73.2 Å². The van der Waals surface area contributed by atoms with Gasteiger partial charge in [-0.3, -0.25) is 9.89 Å². The molecule has 0 radical (unpaired) electrons. The Labute approximate surface area is 185 Å². The molecule has 2 rings (SSSR count). The number of hydrogen-bond donors (Lipinski definition) is 2. The van der Waals surface area contributed by atoms with Crippen LogP contribution in [0.3, 0.4) is 0 Å². The minimum atomic E-state index is 0. The Morgan fingerprint density at radius 3 is 2.15 bits per heavy atom. The SMILES string of the molecule is CN=C(NCC(C)(C)N1CC(C)CC(C)C1)NC1CCN(C(C)C)CC1.I. The molecule has 2 N–H and O–H groups in total. The number of aliphatic imine (C=N–C) groups is 1. The number of guanidine groups is 1. The van der Waals surface area contributed by atoms with Crippen molar-refractivity contribution in [2.45, 2.75) is 78.4 Å². The average Bonchev–Trinajstić information content (AvgIpc) is 2.58. The largest absolute Gasteiger partial charge is 0.355 e. The smallest absolute Gasteiger partial charge is 0.191 e. The first kappa shape index (κ1) is 25.0. The van der Waals surface area contributed by atoms with Gasteiger partial charge in [-0.15, -0.1) is 24.0 Å². The molecule has 0 aromatic heterocycles. The second-order valence-corrected chi connectivity index (χ2v) is 9.64. The van der Waals surface area contributed by atoms with Gasteiger partial charge in [-0.2, -0.15) is 0 Å². The summed E-state index contributed by atoms with van der Waals surface area (Å²) in [5.74, 6) is 2.54. The number of piperidine rings is 2. The highest BCUT2D eigenvalue weighted by Crippen LogP contribution is 2.26. The molecule has 0 aromatic carbocycles. The Morgan fingerprint density at radius 1 is 1.11 bits per heavy atom. The minimum absolute atomic E-state index is 0. The van der Waals surface area contributed by atoms with Crippen molar-refractivity contribution < 1.29 is 0 Å². The molecule has 2 fully saturated rings. The fraction of sp³-hybridized carbons (Fsp3) is 0.952. The van der Waals surface area contributed by atoms with Crippen molar-refractivity contribution in [2.75, 3.05) is 39.8 Å². The van der Waals surface area contributed by atoms with Crippen LogP contribution in [0.2, 0.25) is 0 Å². The van der Waals surface area contributed by atoms with E-state index in [9.17, 15) is 0 Å². The van der Waals surface area contributed by atoms with Crippen LogP contribution in [0.25, 0.3) is 0 Å². The van der Waals surface area contributed by atoms with E-state index in [1.54, 1.807) is 0 Å². The molecule has 27 heavy (non-hydrogen) atoms. The normalized spacial score (nSPS) is 26.7. The number of nitrogens with zero attached hydrogens (tertiary/aromatic N) is 3. The number of nitrogens with one attached hydrogen (secondary N) is 2. The summed E-state index contributed by atoms with van der Waals surface area (Å²) in [7, 11) is 1.89. The highest BCUT2D eigenvalue weighted by molar-refractivity contribution is 14.0. The van der Waals surface area contributed by atoms with E-state index >= 15 is 0 Å². The lowest BCUT2D eigenvalue weighted by molar-refractivity contribution is 0.0483. The van der Waals surface area contributed by atoms with Crippen molar-refractivity contribution >= 4 is 29.9 Å². The summed E-state index contributed by atoms with van der Waals surface area (Å²) < 4.78 is 0. The molecule has 2 saturated heterocycles. The second kappa shape index (κ2) is 11.2. The highest BCUT2D eigenvalue weighted by atomic mass is 127. The zero-order chi connectivity index (χ0) is 19.3. The molecule has 0 saturated carbocycles. The fourth-order valence-electron chi connectivity index (χ4n) is 4.52. The second-order valence-electron chi connectivity index (χ2n) is 9.64. The Morgan fingerprint density at radius 2 is 1.67 bits per heavy atom. The molecule has 0 spiro atoms. The summed E-state index contributed by atoms with van der Waals surface area (Å²) in [5.41, 5.74) is 0.140. The lowest BCUT2D eigenvalue weighted by Crippen LogP contribution is -2.58. The van der Waals surface area contributed by atoms with Crippen molar-refractivity contribution in [3.05, 3.63) is 0 Å². The predicted molar refractivity (Wildman–Crippen MR) is 128 cm³/mol. The highest BCUT2D eigenvalue weighted by Gasteiger charge is 2.33. The van der Waals surface area contributed by atoms with Crippen LogP contribution in [0.15, 0.2) is 4.99 Å². The maximum absolute atomic E-state index is 4.48. The minimum Gasteiger partial charge on any atom is -0.355 e. The number of halogens is 1. The van der Waals surface area contributed by atoms with Crippen LogP contribution in [0, 0.1) is 11.8 Å². The van der Waals surface area contributed by atoms with E-state index in [0.717, 1.165) is 24.3 Å². The molecular weight excluding hydrogens is 449 g/mol. The third-order valence-corrected chi connectivity index (χ3v) is 6.24. The Kier molecular flexibility index (Phi) is 10.3. The van der Waals surface area contributed by atoms with E-state index in [-0.39, 0.29) is 29.5 Å². The first-order valence-corrected chi connectivity index (χ1v) is 10.7. The van der Waals surface area contributed by atoms with Gasteiger partial charge in [-0.1, -0.05) is 13.8 Å². The van der Waals surface area contributed by atoms with E-state index in [1.165, 1.54) is 45.4 Å². The fourth-order valence-corrected chi connectivity index (χ4v) is 4.52. The lowest BCUT2D eigenvalue weighted by atomic mass is 9.88. The van der Waals surface area contributed by atoms with Crippen molar-refractivity contribution in [1.82, 2.24) is 20.4 Å². The monoisotopic (exact) mass is 493 g/mol. The van der Waals surface area contributed by atoms with Gasteiger partial charge in [-0.05, 0) is 58.8 Å². The standard InChI is InChI=1S/C21H43N5.HI/c1-16(2)25-10-8-19(9-11-25)24-20(22-7)23-15-21(5,6)26-13-17(3)12-18(4)14-26;/h16-19H,8-15H2,1-7H3,(H2,22,23,24);1H. The van der Waals surface area contributed by atoms with Crippen LogP contribution in [0.4, 0.5) is 0 Å². The van der Waals surface area contributed by atoms with Crippen LogP contribution in [-0.2, 0) is 0 Å². The summed E-state index contributed by atoms with van der Waals surface area (Å²) in [4.78, 5) is 9.70. The van der Waals surface area contributed by atoms with Gasteiger partial charge in [0.2, 0.25) is 0 Å². The topological polar surface area (TPSA) is 42.9 Å². The van der Waals surface area contributed by atoms with E-state index in [2.05, 4.69) is 67.0 Å². The first-order valence-electron chi connectivity index (χ1n) is 10.7. The molecule has 2 aliphatic rings. The summed E-state index contributed by atoms with van der Waals surface area (Å²) in [6, 6.07) is 1.19. The van der Waals surface area contributed by atoms with E-state index in [0.29, 0.717) is 12.1 Å². The molecule has 0 amide bonds. The van der Waals surface area contributed by atoms with Crippen LogP contribution >= 0.6 is 24.0 Å². The van der Waals surface area contributed by atoms with Crippen LogP contribution in [0.1, 0.15) is 60.8 Å². The van der Waals surface area contributed by atoms with E-state index < -0.39 is 0 Å². The first-order chi connectivity index (χ1) is 12.2. The van der Waals surface area contributed by atoms with Gasteiger partial charge in [0.1, 0.15) is 0 Å². The third-order valence-electron chi connectivity index (χ3n) is 6.24. The Balaban J connectivity index is 0.00000364. The zero-order valence-electron chi connectivity index (χ0n) is 18.7. The van der Waals surface area contributed by atoms with Crippen molar-refractivity contribution in [3.8, 4) is 0 Å². The van der Waals surface area contributed by atoms with Gasteiger partial charge in [0.05, 0.1) is 0 Å². The summed E-state index contributed by atoms with van der Waals surface area (Å²) in [6.07, 6.45) is 3.76. The predicted octanol–water partition coefficient (Wildman–Crippen LogP) is 3.40. The molecule has 0 aliphatic carbocycles. The molecule has 2 aliphatic heterocycles. The molecule has 0 bridgehead atoms. The van der Waals surface area contributed by atoms with Gasteiger partial charge in [0, 0.05) is 57.4 Å².